The molecular formula is C18H23N3OS. The lowest BCUT2D eigenvalue weighted by atomic mass is 9.88. The monoisotopic (exact) mass is 329 g/mol. The van der Waals surface area contributed by atoms with Gasteiger partial charge in [0.25, 0.3) is 5.91 Å². The average molecular weight is 329 g/mol. The van der Waals surface area contributed by atoms with E-state index in [0.29, 0.717) is 5.92 Å². The minimum Gasteiger partial charge on any atom is -0.338 e. The van der Waals surface area contributed by atoms with Gasteiger partial charge in [-0.2, -0.15) is 5.10 Å². The zero-order valence-electron chi connectivity index (χ0n) is 13.5. The van der Waals surface area contributed by atoms with Crippen molar-refractivity contribution in [2.45, 2.75) is 44.9 Å². The molecule has 0 aromatic carbocycles. The van der Waals surface area contributed by atoms with Crippen LogP contribution in [0.5, 0.6) is 0 Å². The Bertz CT molecular complexity index is 691. The number of H-pyrrole nitrogens is 1. The van der Waals surface area contributed by atoms with E-state index in [4.69, 9.17) is 0 Å². The molecule has 2 atom stereocenters. The number of piperidine rings is 1. The highest BCUT2D eigenvalue weighted by molar-refractivity contribution is 7.10. The maximum absolute atomic E-state index is 13.0. The molecule has 0 saturated carbocycles. The molecule has 0 radical (unpaired) electrons. The Balaban J connectivity index is 1.53. The molecule has 0 unspecified atom stereocenters. The van der Waals surface area contributed by atoms with Crippen LogP contribution in [-0.2, 0) is 12.8 Å². The van der Waals surface area contributed by atoms with Crippen LogP contribution in [0.3, 0.4) is 0 Å². The number of aromatic nitrogens is 2. The van der Waals surface area contributed by atoms with Crippen molar-refractivity contribution in [3.05, 3.63) is 39.3 Å². The Kier molecular flexibility index (Phi) is 3.97. The number of fused-ring (bicyclic) bond motifs is 1. The summed E-state index contributed by atoms with van der Waals surface area (Å²) in [4.78, 5) is 16.5. The summed E-state index contributed by atoms with van der Waals surface area (Å²) in [7, 11) is 0. The molecule has 1 N–H and O–H groups in total. The van der Waals surface area contributed by atoms with Crippen LogP contribution >= 0.6 is 11.3 Å². The molecule has 0 bridgehead atoms. The van der Waals surface area contributed by atoms with Gasteiger partial charge in [-0.1, -0.05) is 6.92 Å². The molecule has 4 nitrogen and oxygen atoms in total. The number of rotatable bonds is 2. The summed E-state index contributed by atoms with van der Waals surface area (Å²) in [6.07, 6.45) is 7.42. The van der Waals surface area contributed by atoms with Gasteiger partial charge < -0.3 is 4.90 Å². The second kappa shape index (κ2) is 6.11. The topological polar surface area (TPSA) is 49.0 Å². The van der Waals surface area contributed by atoms with Gasteiger partial charge in [0.1, 0.15) is 0 Å². The van der Waals surface area contributed by atoms with Crippen molar-refractivity contribution < 1.29 is 4.79 Å². The maximum Gasteiger partial charge on any atom is 0.255 e. The van der Waals surface area contributed by atoms with Gasteiger partial charge in [-0.05, 0) is 49.7 Å². The van der Waals surface area contributed by atoms with Crippen molar-refractivity contribution in [3.63, 3.8) is 0 Å². The maximum atomic E-state index is 13.0. The highest BCUT2D eigenvalue weighted by atomic mass is 32.1. The molecule has 3 heterocycles. The van der Waals surface area contributed by atoms with E-state index in [1.807, 2.05) is 6.07 Å². The zero-order valence-corrected chi connectivity index (χ0v) is 14.4. The van der Waals surface area contributed by atoms with Crippen molar-refractivity contribution in [1.29, 1.82) is 0 Å². The zero-order chi connectivity index (χ0) is 15.8. The quantitative estimate of drug-likeness (QED) is 0.915. The van der Waals surface area contributed by atoms with Crippen LogP contribution in [0.4, 0.5) is 0 Å². The van der Waals surface area contributed by atoms with Gasteiger partial charge in [0.2, 0.25) is 0 Å². The van der Waals surface area contributed by atoms with Gasteiger partial charge in [-0.15, -0.1) is 11.3 Å². The SMILES string of the molecule is C[C@H]1CCc2c(C(=O)N3CCC[C@@H](c4ccn[nH]4)C3)csc2C1. The fourth-order valence-electron chi connectivity index (χ4n) is 3.94. The van der Waals surface area contributed by atoms with E-state index < -0.39 is 0 Å². The summed E-state index contributed by atoms with van der Waals surface area (Å²) >= 11 is 1.78. The first-order chi connectivity index (χ1) is 11.2. The summed E-state index contributed by atoms with van der Waals surface area (Å²) in [6, 6.07) is 2.03. The Morgan fingerprint density at radius 2 is 2.35 bits per heavy atom. The average Bonchev–Trinajstić information content (AvgIpc) is 3.23. The highest BCUT2D eigenvalue weighted by Gasteiger charge is 2.30. The molecule has 122 valence electrons. The molecule has 1 saturated heterocycles. The second-order valence-corrected chi connectivity index (χ2v) is 7.97. The number of aromatic amines is 1. The molecule has 23 heavy (non-hydrogen) atoms. The number of thiophene rings is 1. The molecule has 1 amide bonds. The molecule has 5 heteroatoms. The fraction of sp³-hybridized carbons (Fsp3) is 0.556. The summed E-state index contributed by atoms with van der Waals surface area (Å²) in [5.41, 5.74) is 3.47. The predicted molar refractivity (Wildman–Crippen MR) is 92.0 cm³/mol. The fourth-order valence-corrected chi connectivity index (χ4v) is 5.17. The van der Waals surface area contributed by atoms with Gasteiger partial charge in [0.15, 0.2) is 0 Å². The van der Waals surface area contributed by atoms with Crippen molar-refractivity contribution in [1.82, 2.24) is 15.1 Å². The summed E-state index contributed by atoms with van der Waals surface area (Å²) in [5, 5.41) is 9.23. The van der Waals surface area contributed by atoms with Gasteiger partial charge in [0.05, 0.1) is 5.56 Å². The third-order valence-electron chi connectivity index (χ3n) is 5.30. The molecule has 2 aromatic heterocycles. The number of nitrogens with zero attached hydrogens (tertiary/aromatic N) is 2. The van der Waals surface area contributed by atoms with E-state index in [-0.39, 0.29) is 5.91 Å². The van der Waals surface area contributed by atoms with Gasteiger partial charge in [0, 0.05) is 41.2 Å². The van der Waals surface area contributed by atoms with Crippen molar-refractivity contribution in [2.75, 3.05) is 13.1 Å². The van der Waals surface area contributed by atoms with Crippen molar-refractivity contribution >= 4 is 17.2 Å². The number of likely N-dealkylation sites (tertiary alicyclic amines) is 1. The third-order valence-corrected chi connectivity index (χ3v) is 6.35. The lowest BCUT2D eigenvalue weighted by molar-refractivity contribution is 0.0705. The number of amides is 1. The Labute approximate surface area is 140 Å². The molecule has 0 spiro atoms. The van der Waals surface area contributed by atoms with E-state index in [0.717, 1.165) is 55.9 Å². The summed E-state index contributed by atoms with van der Waals surface area (Å²) in [5.74, 6) is 1.38. The van der Waals surface area contributed by atoms with E-state index in [1.165, 1.54) is 16.9 Å². The first kappa shape index (κ1) is 14.9. The van der Waals surface area contributed by atoms with Crippen LogP contribution in [0.1, 0.15) is 58.6 Å². The van der Waals surface area contributed by atoms with E-state index >= 15 is 0 Å². The Morgan fingerprint density at radius 3 is 3.17 bits per heavy atom. The molecule has 2 aliphatic rings. The smallest absolute Gasteiger partial charge is 0.255 e. The van der Waals surface area contributed by atoms with Crippen molar-refractivity contribution in [2.24, 2.45) is 5.92 Å². The normalized spacial score (nSPS) is 24.5. The number of carbonyl (C=O) groups excluding carboxylic acids is 1. The van der Waals surface area contributed by atoms with Gasteiger partial charge >= 0.3 is 0 Å². The number of carbonyl (C=O) groups is 1. The van der Waals surface area contributed by atoms with Crippen molar-refractivity contribution in [3.8, 4) is 0 Å². The van der Waals surface area contributed by atoms with Gasteiger partial charge in [-0.3, -0.25) is 9.89 Å². The molecule has 4 rings (SSSR count). The van der Waals surface area contributed by atoms with Crippen LogP contribution in [0.15, 0.2) is 17.6 Å². The Hall–Kier alpha value is -1.62. The largest absolute Gasteiger partial charge is 0.338 e. The van der Waals surface area contributed by atoms with E-state index in [9.17, 15) is 4.79 Å². The minimum atomic E-state index is 0.237. The second-order valence-electron chi connectivity index (χ2n) is 7.00. The van der Waals surface area contributed by atoms with E-state index in [2.05, 4.69) is 27.4 Å². The first-order valence-electron chi connectivity index (χ1n) is 8.60. The van der Waals surface area contributed by atoms with Crippen LogP contribution in [0.2, 0.25) is 0 Å². The molecule has 2 aromatic rings. The molecule has 1 fully saturated rings. The number of nitrogens with one attached hydrogen (secondary N) is 1. The lowest BCUT2D eigenvalue weighted by Crippen LogP contribution is -2.39. The number of hydrogen-bond donors (Lipinski definition) is 1. The lowest BCUT2D eigenvalue weighted by Gasteiger charge is -2.32. The van der Waals surface area contributed by atoms with E-state index in [1.54, 1.807) is 17.5 Å². The standard InChI is InChI=1S/C18H23N3OS/c1-12-4-5-14-15(11-23-17(14)9-12)18(22)21-8-2-3-13(10-21)16-6-7-19-20-16/h6-7,11-13H,2-5,8-10H2,1H3,(H,19,20)/t12-,13+/m0/s1. The molecule has 1 aliphatic heterocycles. The van der Waals surface area contributed by atoms with Crippen LogP contribution in [0.25, 0.3) is 0 Å². The first-order valence-corrected chi connectivity index (χ1v) is 9.48. The summed E-state index contributed by atoms with van der Waals surface area (Å²) in [6.45, 7) is 4.00. The third kappa shape index (κ3) is 2.82. The number of hydrogen-bond acceptors (Lipinski definition) is 3. The minimum absolute atomic E-state index is 0.237. The molecular weight excluding hydrogens is 306 g/mol. The van der Waals surface area contributed by atoms with Crippen LogP contribution in [-0.4, -0.2) is 34.1 Å². The van der Waals surface area contributed by atoms with Gasteiger partial charge in [-0.25, -0.2) is 0 Å². The Morgan fingerprint density at radius 1 is 1.43 bits per heavy atom. The summed E-state index contributed by atoms with van der Waals surface area (Å²) < 4.78 is 0. The molecule has 1 aliphatic carbocycles. The van der Waals surface area contributed by atoms with Crippen LogP contribution in [0, 0.1) is 5.92 Å². The van der Waals surface area contributed by atoms with Crippen LogP contribution < -0.4 is 0 Å². The predicted octanol–water partition coefficient (Wildman–Crippen LogP) is 3.62. The highest BCUT2D eigenvalue weighted by Crippen LogP contribution is 2.34.